The normalized spacial score (nSPS) is 26.8. The Morgan fingerprint density at radius 1 is 1.88 bits per heavy atom. The summed E-state index contributed by atoms with van der Waals surface area (Å²) in [4.78, 5) is 3.97. The lowest BCUT2D eigenvalue weighted by molar-refractivity contribution is 0.587. The second kappa shape index (κ2) is 1.97. The van der Waals surface area contributed by atoms with Gasteiger partial charge in [-0.15, -0.1) is 0 Å². The predicted octanol–water partition coefficient (Wildman–Crippen LogP) is -1.74. The first-order valence-electron chi connectivity index (χ1n) is 2.39. The van der Waals surface area contributed by atoms with Gasteiger partial charge in [0, 0.05) is 0 Å². The number of aliphatic imine (C=N–C) groups is 1. The summed E-state index contributed by atoms with van der Waals surface area (Å²) in [5.41, 5.74) is 7.91. The van der Waals surface area contributed by atoms with Crippen LogP contribution in [0.5, 0.6) is 0 Å². The van der Waals surface area contributed by atoms with Crippen LogP contribution in [0.2, 0.25) is 0 Å². The van der Waals surface area contributed by atoms with Crippen LogP contribution in [0.1, 0.15) is 6.92 Å². The maximum Gasteiger partial charge on any atom is 0.222 e. The average Bonchev–Trinajstić information content (AvgIpc) is 2.14. The Labute approximate surface area is 47.3 Å². The predicted molar refractivity (Wildman–Crippen MR) is 30.5 cm³/mol. The highest BCUT2D eigenvalue weighted by molar-refractivity contribution is 5.80. The summed E-state index contributed by atoms with van der Waals surface area (Å²) in [6, 6.07) is 0. The molecule has 1 aliphatic heterocycles. The molecule has 0 bridgehead atoms. The molecule has 0 radical (unpaired) electrons. The van der Waals surface area contributed by atoms with Gasteiger partial charge in [0.25, 0.3) is 0 Å². The monoisotopic (exact) mass is 115 g/mol. The fraction of sp³-hybridized carbons (Fsp3) is 0.667. The summed E-state index contributed by atoms with van der Waals surface area (Å²) in [6.45, 7) is 1.91. The highest BCUT2D eigenvalue weighted by Gasteiger charge is 2.07. The lowest BCUT2D eigenvalue weighted by atomic mass is 10.6. The number of hydrazine groups is 2. The summed E-state index contributed by atoms with van der Waals surface area (Å²) >= 11 is 0. The van der Waals surface area contributed by atoms with E-state index in [-0.39, 0.29) is 6.17 Å². The summed E-state index contributed by atoms with van der Waals surface area (Å²) in [7, 11) is 0. The van der Waals surface area contributed by atoms with Crippen LogP contribution in [0.4, 0.5) is 0 Å². The van der Waals surface area contributed by atoms with Crippen LogP contribution in [-0.4, -0.2) is 12.1 Å². The molecule has 1 heterocycles. The smallest absolute Gasteiger partial charge is 0.222 e. The fourth-order valence-electron chi connectivity index (χ4n) is 0.504. The lowest BCUT2D eigenvalue weighted by Crippen LogP contribution is -2.43. The van der Waals surface area contributed by atoms with Crippen molar-refractivity contribution in [3.8, 4) is 0 Å². The van der Waals surface area contributed by atoms with Gasteiger partial charge in [-0.25, -0.2) is 16.3 Å². The molecular weight excluding hydrogens is 106 g/mol. The van der Waals surface area contributed by atoms with Gasteiger partial charge >= 0.3 is 0 Å². The first kappa shape index (κ1) is 5.33. The molecular formula is C3H9N5. The van der Waals surface area contributed by atoms with Crippen molar-refractivity contribution in [2.75, 3.05) is 0 Å². The SMILES string of the molecule is CC1N=C(NN)NN1. The maximum atomic E-state index is 5.01. The number of hydrogen-bond donors (Lipinski definition) is 4. The van der Waals surface area contributed by atoms with Gasteiger partial charge in [0.05, 0.1) is 0 Å². The van der Waals surface area contributed by atoms with Gasteiger partial charge in [-0.05, 0) is 6.92 Å². The number of guanidine groups is 1. The Kier molecular flexibility index (Phi) is 1.32. The van der Waals surface area contributed by atoms with Gasteiger partial charge in [0.15, 0.2) is 0 Å². The second-order valence-electron chi connectivity index (χ2n) is 1.57. The van der Waals surface area contributed by atoms with Crippen molar-refractivity contribution < 1.29 is 0 Å². The van der Waals surface area contributed by atoms with E-state index < -0.39 is 0 Å². The van der Waals surface area contributed by atoms with Crippen molar-refractivity contribution in [3.05, 3.63) is 0 Å². The minimum atomic E-state index is 0.112. The molecule has 0 fully saturated rings. The van der Waals surface area contributed by atoms with Crippen LogP contribution < -0.4 is 22.1 Å². The molecule has 0 amide bonds. The summed E-state index contributed by atoms with van der Waals surface area (Å²) in [5.74, 6) is 5.59. The van der Waals surface area contributed by atoms with Crippen molar-refractivity contribution in [1.29, 1.82) is 0 Å². The Bertz CT molecular complexity index is 108. The van der Waals surface area contributed by atoms with Gasteiger partial charge in [0.2, 0.25) is 5.96 Å². The van der Waals surface area contributed by atoms with Crippen LogP contribution in [0.25, 0.3) is 0 Å². The van der Waals surface area contributed by atoms with E-state index in [1.165, 1.54) is 0 Å². The van der Waals surface area contributed by atoms with Crippen LogP contribution in [0.15, 0.2) is 4.99 Å². The molecule has 1 atom stereocenters. The van der Waals surface area contributed by atoms with Gasteiger partial charge in [-0.3, -0.25) is 10.9 Å². The van der Waals surface area contributed by atoms with Crippen LogP contribution in [0, 0.1) is 0 Å². The minimum absolute atomic E-state index is 0.112. The van der Waals surface area contributed by atoms with Crippen molar-refractivity contribution in [1.82, 2.24) is 16.3 Å². The minimum Gasteiger partial charge on any atom is -0.293 e. The summed E-state index contributed by atoms with van der Waals surface area (Å²) < 4.78 is 0. The van der Waals surface area contributed by atoms with Crippen molar-refractivity contribution >= 4 is 5.96 Å². The lowest BCUT2D eigenvalue weighted by Gasteiger charge is -1.97. The quantitative estimate of drug-likeness (QED) is 0.223. The molecule has 1 unspecified atom stereocenters. The molecule has 46 valence electrons. The number of nitrogens with one attached hydrogen (secondary N) is 3. The van der Waals surface area contributed by atoms with Crippen LogP contribution in [0.3, 0.4) is 0 Å². The van der Waals surface area contributed by atoms with E-state index >= 15 is 0 Å². The van der Waals surface area contributed by atoms with E-state index in [2.05, 4.69) is 21.3 Å². The topological polar surface area (TPSA) is 74.5 Å². The van der Waals surface area contributed by atoms with Crippen molar-refractivity contribution in [2.24, 2.45) is 10.8 Å². The maximum absolute atomic E-state index is 5.01. The van der Waals surface area contributed by atoms with Crippen molar-refractivity contribution in [3.63, 3.8) is 0 Å². The van der Waals surface area contributed by atoms with E-state index in [1.807, 2.05) is 6.92 Å². The average molecular weight is 115 g/mol. The molecule has 5 N–H and O–H groups in total. The summed E-state index contributed by atoms with van der Waals surface area (Å²) in [5, 5.41) is 0. The molecule has 0 aromatic rings. The third kappa shape index (κ3) is 0.877. The Balaban J connectivity index is 2.44. The Morgan fingerprint density at radius 3 is 2.88 bits per heavy atom. The molecule has 0 spiro atoms. The van der Waals surface area contributed by atoms with Gasteiger partial charge in [0.1, 0.15) is 6.17 Å². The third-order valence-corrected chi connectivity index (χ3v) is 0.859. The fourth-order valence-corrected chi connectivity index (χ4v) is 0.504. The molecule has 1 aliphatic rings. The van der Waals surface area contributed by atoms with E-state index in [9.17, 15) is 0 Å². The molecule has 1 rings (SSSR count). The molecule has 0 aromatic heterocycles. The van der Waals surface area contributed by atoms with Gasteiger partial charge in [-0.2, -0.15) is 0 Å². The Morgan fingerprint density at radius 2 is 2.62 bits per heavy atom. The molecule has 0 aliphatic carbocycles. The zero-order valence-electron chi connectivity index (χ0n) is 4.60. The van der Waals surface area contributed by atoms with Gasteiger partial charge in [-0.1, -0.05) is 0 Å². The highest BCUT2D eigenvalue weighted by atomic mass is 15.5. The number of rotatable bonds is 0. The third-order valence-electron chi connectivity index (χ3n) is 0.859. The number of hydrogen-bond acceptors (Lipinski definition) is 5. The molecule has 5 nitrogen and oxygen atoms in total. The van der Waals surface area contributed by atoms with E-state index in [4.69, 9.17) is 5.84 Å². The van der Waals surface area contributed by atoms with Crippen LogP contribution in [-0.2, 0) is 0 Å². The Hall–Kier alpha value is -0.810. The van der Waals surface area contributed by atoms with Crippen LogP contribution >= 0.6 is 0 Å². The zero-order chi connectivity index (χ0) is 5.98. The van der Waals surface area contributed by atoms with E-state index in [1.54, 1.807) is 0 Å². The van der Waals surface area contributed by atoms with Crippen molar-refractivity contribution in [2.45, 2.75) is 13.1 Å². The van der Waals surface area contributed by atoms with Gasteiger partial charge < -0.3 is 0 Å². The first-order valence-corrected chi connectivity index (χ1v) is 2.39. The number of nitrogens with zero attached hydrogens (tertiary/aromatic N) is 1. The zero-order valence-corrected chi connectivity index (χ0v) is 4.60. The highest BCUT2D eigenvalue weighted by Crippen LogP contribution is 1.85. The molecule has 0 aromatic carbocycles. The molecule has 0 saturated carbocycles. The largest absolute Gasteiger partial charge is 0.293 e. The standard InChI is InChI=1S/C3H9N5/c1-2-5-3(6-4)8-7-2/h2,7H,4H2,1H3,(H2,5,6,8). The molecule has 5 heteroatoms. The molecule has 8 heavy (non-hydrogen) atoms. The molecule has 0 saturated heterocycles. The summed E-state index contributed by atoms with van der Waals surface area (Å²) in [6.07, 6.45) is 0.112. The van der Waals surface area contributed by atoms with E-state index in [0.717, 1.165) is 0 Å². The second-order valence-corrected chi connectivity index (χ2v) is 1.57. The number of nitrogens with two attached hydrogens (primary N) is 1. The van der Waals surface area contributed by atoms with E-state index in [0.29, 0.717) is 5.96 Å². The first-order chi connectivity index (χ1) is 3.83.